The molecule has 0 aliphatic heterocycles. The van der Waals surface area contributed by atoms with Gasteiger partial charge in [-0.15, -0.1) is 11.3 Å². The van der Waals surface area contributed by atoms with Gasteiger partial charge in [-0.2, -0.15) is 13.2 Å². The molecule has 1 heterocycles. The van der Waals surface area contributed by atoms with Crippen LogP contribution in [0.4, 0.5) is 13.2 Å². The maximum atomic E-state index is 12.5. The van der Waals surface area contributed by atoms with Crippen LogP contribution >= 0.6 is 11.3 Å². The monoisotopic (exact) mass is 379 g/mol. The second-order valence-corrected chi connectivity index (χ2v) is 8.28. The van der Waals surface area contributed by atoms with Crippen LogP contribution < -0.4 is 4.72 Å². The van der Waals surface area contributed by atoms with Crippen molar-refractivity contribution in [1.82, 2.24) is 4.72 Å². The number of thiophene rings is 1. The van der Waals surface area contributed by atoms with Crippen LogP contribution in [0.25, 0.3) is 0 Å². The number of nitrogens with one attached hydrogen (secondary N) is 1. The van der Waals surface area contributed by atoms with Crippen molar-refractivity contribution in [3.05, 3.63) is 57.8 Å². The summed E-state index contributed by atoms with van der Waals surface area (Å²) in [6.07, 6.45) is -4.46. The van der Waals surface area contributed by atoms with Crippen molar-refractivity contribution < 1.29 is 26.7 Å². The minimum atomic E-state index is -4.46. The van der Waals surface area contributed by atoms with Crippen LogP contribution in [0.1, 0.15) is 22.9 Å². The SMILES string of the molecule is CC(O)(CNS(=O)(=O)Cc1ccc(C(F)(F)F)cc1)c1cccs1. The van der Waals surface area contributed by atoms with Crippen LogP contribution in [-0.2, 0) is 27.6 Å². The molecule has 2 rings (SSSR count). The Labute approximate surface area is 142 Å². The highest BCUT2D eigenvalue weighted by Crippen LogP contribution is 2.29. The minimum Gasteiger partial charge on any atom is -0.383 e. The average Bonchev–Trinajstić information content (AvgIpc) is 3.00. The van der Waals surface area contributed by atoms with Crippen molar-refractivity contribution in [3.63, 3.8) is 0 Å². The first-order chi connectivity index (χ1) is 11.0. The zero-order valence-electron chi connectivity index (χ0n) is 12.7. The highest BCUT2D eigenvalue weighted by atomic mass is 32.2. The zero-order valence-corrected chi connectivity index (χ0v) is 14.3. The van der Waals surface area contributed by atoms with E-state index in [2.05, 4.69) is 4.72 Å². The van der Waals surface area contributed by atoms with E-state index in [0.29, 0.717) is 4.88 Å². The van der Waals surface area contributed by atoms with E-state index in [4.69, 9.17) is 0 Å². The van der Waals surface area contributed by atoms with Gasteiger partial charge in [-0.1, -0.05) is 18.2 Å². The molecular weight excluding hydrogens is 363 g/mol. The van der Waals surface area contributed by atoms with Gasteiger partial charge in [0.15, 0.2) is 0 Å². The Morgan fingerprint density at radius 1 is 1.17 bits per heavy atom. The predicted octanol–water partition coefficient (Wildman–Crippen LogP) is 3.09. The summed E-state index contributed by atoms with van der Waals surface area (Å²) in [7, 11) is -3.79. The summed E-state index contributed by atoms with van der Waals surface area (Å²) in [5.74, 6) is -0.467. The van der Waals surface area contributed by atoms with Gasteiger partial charge in [0.25, 0.3) is 0 Å². The Hall–Kier alpha value is -1.42. The van der Waals surface area contributed by atoms with Crippen molar-refractivity contribution in [3.8, 4) is 0 Å². The molecule has 0 bridgehead atoms. The Balaban J connectivity index is 2.01. The van der Waals surface area contributed by atoms with Gasteiger partial charge < -0.3 is 5.11 Å². The molecule has 132 valence electrons. The third-order valence-corrected chi connectivity index (χ3v) is 5.75. The molecule has 4 nitrogen and oxygen atoms in total. The van der Waals surface area contributed by atoms with Crippen molar-refractivity contribution in [2.45, 2.75) is 24.5 Å². The van der Waals surface area contributed by atoms with Gasteiger partial charge in [0.05, 0.1) is 11.3 Å². The lowest BCUT2D eigenvalue weighted by Gasteiger charge is -2.22. The summed E-state index contributed by atoms with van der Waals surface area (Å²) in [4.78, 5) is 0.611. The number of hydrogen-bond donors (Lipinski definition) is 2. The van der Waals surface area contributed by atoms with Crippen LogP contribution in [-0.4, -0.2) is 20.1 Å². The number of rotatable bonds is 6. The fourth-order valence-electron chi connectivity index (χ4n) is 1.98. The van der Waals surface area contributed by atoms with E-state index in [-0.39, 0.29) is 12.1 Å². The molecule has 0 radical (unpaired) electrons. The molecular formula is C15H16F3NO3S2. The molecule has 24 heavy (non-hydrogen) atoms. The first-order valence-corrected chi connectivity index (χ1v) is 9.43. The van der Waals surface area contributed by atoms with E-state index in [1.165, 1.54) is 18.3 Å². The minimum absolute atomic E-state index is 0.226. The van der Waals surface area contributed by atoms with E-state index < -0.39 is 33.1 Å². The third-order valence-electron chi connectivity index (χ3n) is 3.33. The summed E-state index contributed by atoms with van der Waals surface area (Å²) in [5, 5.41) is 12.1. The Morgan fingerprint density at radius 3 is 2.29 bits per heavy atom. The molecule has 9 heteroatoms. The molecule has 0 saturated carbocycles. The lowest BCUT2D eigenvalue weighted by molar-refractivity contribution is -0.137. The maximum absolute atomic E-state index is 12.5. The first kappa shape index (κ1) is 18.9. The van der Waals surface area contributed by atoms with Gasteiger partial charge >= 0.3 is 6.18 Å². The summed E-state index contributed by atoms with van der Waals surface area (Å²) < 4.78 is 63.9. The van der Waals surface area contributed by atoms with E-state index in [1.807, 2.05) is 0 Å². The number of halogens is 3. The van der Waals surface area contributed by atoms with Gasteiger partial charge in [0.2, 0.25) is 10.0 Å². The molecule has 2 N–H and O–H groups in total. The lowest BCUT2D eigenvalue weighted by atomic mass is 10.1. The molecule has 0 aliphatic rings. The maximum Gasteiger partial charge on any atom is 0.416 e. The zero-order chi connectivity index (χ0) is 18.0. The van der Waals surface area contributed by atoms with Crippen molar-refractivity contribution >= 4 is 21.4 Å². The van der Waals surface area contributed by atoms with Crippen LogP contribution in [0.3, 0.4) is 0 Å². The fourth-order valence-corrected chi connectivity index (χ4v) is 4.00. The molecule has 1 unspecified atom stereocenters. The molecule has 0 spiro atoms. The second kappa shape index (κ2) is 6.83. The van der Waals surface area contributed by atoms with Crippen molar-refractivity contribution in [2.24, 2.45) is 0 Å². The van der Waals surface area contributed by atoms with Gasteiger partial charge in [0, 0.05) is 11.4 Å². The van der Waals surface area contributed by atoms with E-state index >= 15 is 0 Å². The predicted molar refractivity (Wildman–Crippen MR) is 86.0 cm³/mol. The van der Waals surface area contributed by atoms with Gasteiger partial charge in [-0.25, -0.2) is 13.1 Å². The molecule has 1 aromatic carbocycles. The highest BCUT2D eigenvalue weighted by Gasteiger charge is 2.30. The van der Waals surface area contributed by atoms with Crippen molar-refractivity contribution in [2.75, 3.05) is 6.54 Å². The number of benzene rings is 1. The number of sulfonamides is 1. The fraction of sp³-hybridized carbons (Fsp3) is 0.333. The summed E-state index contributed by atoms with van der Waals surface area (Å²) >= 11 is 1.30. The van der Waals surface area contributed by atoms with Gasteiger partial charge in [-0.3, -0.25) is 0 Å². The third kappa shape index (κ3) is 5.04. The highest BCUT2D eigenvalue weighted by molar-refractivity contribution is 7.88. The topological polar surface area (TPSA) is 66.4 Å². The van der Waals surface area contributed by atoms with E-state index in [9.17, 15) is 26.7 Å². The summed E-state index contributed by atoms with van der Waals surface area (Å²) in [6.45, 7) is 1.26. The quantitative estimate of drug-likeness (QED) is 0.811. The Kier molecular flexibility index (Phi) is 5.38. The van der Waals surface area contributed by atoms with Crippen LogP contribution in [0.15, 0.2) is 41.8 Å². The average molecular weight is 379 g/mol. The molecule has 0 amide bonds. The first-order valence-electron chi connectivity index (χ1n) is 6.89. The van der Waals surface area contributed by atoms with E-state index in [0.717, 1.165) is 24.3 Å². The van der Waals surface area contributed by atoms with E-state index in [1.54, 1.807) is 17.5 Å². The molecule has 1 aromatic heterocycles. The van der Waals surface area contributed by atoms with Crippen LogP contribution in [0.2, 0.25) is 0 Å². The number of aliphatic hydroxyl groups is 1. The van der Waals surface area contributed by atoms with Gasteiger partial charge in [-0.05, 0) is 36.1 Å². The van der Waals surface area contributed by atoms with Crippen molar-refractivity contribution in [1.29, 1.82) is 0 Å². The van der Waals surface area contributed by atoms with Gasteiger partial charge in [0.1, 0.15) is 5.60 Å². The Bertz CT molecular complexity index is 767. The summed E-state index contributed by atoms with van der Waals surface area (Å²) in [5.41, 5.74) is -1.97. The second-order valence-electron chi connectivity index (χ2n) is 5.53. The largest absolute Gasteiger partial charge is 0.416 e. The molecule has 2 aromatic rings. The van der Waals surface area contributed by atoms with Crippen LogP contribution in [0.5, 0.6) is 0 Å². The number of alkyl halides is 3. The Morgan fingerprint density at radius 2 is 1.79 bits per heavy atom. The summed E-state index contributed by atoms with van der Waals surface area (Å²) in [6, 6.07) is 7.36. The van der Waals surface area contributed by atoms with Crippen LogP contribution in [0, 0.1) is 0 Å². The molecule has 0 aliphatic carbocycles. The lowest BCUT2D eigenvalue weighted by Crippen LogP contribution is -2.38. The smallest absolute Gasteiger partial charge is 0.383 e. The standard InChI is InChI=1S/C15H16F3NO3S2/c1-14(20,13-3-2-8-23-13)10-19-24(21,22)9-11-4-6-12(7-5-11)15(16,17)18/h2-8,19-20H,9-10H2,1H3. The molecule has 1 atom stereocenters. The molecule has 0 saturated heterocycles. The number of hydrogen-bond acceptors (Lipinski definition) is 4. The normalized spacial score (nSPS) is 15.2. The molecule has 0 fully saturated rings.